The van der Waals surface area contributed by atoms with E-state index in [0.717, 1.165) is 25.2 Å². The Labute approximate surface area is 197 Å². The lowest BCUT2D eigenvalue weighted by Gasteiger charge is -2.32. The normalized spacial score (nSPS) is 14.4. The second-order valence-corrected chi connectivity index (χ2v) is 7.97. The summed E-state index contributed by atoms with van der Waals surface area (Å²) in [4.78, 5) is 17.5. The number of likely N-dealkylation sites (tertiary alicyclic amines) is 1. The van der Waals surface area contributed by atoms with Crippen LogP contribution in [0.3, 0.4) is 0 Å². The van der Waals surface area contributed by atoms with Gasteiger partial charge in [-0.15, -0.1) is 12.4 Å². The zero-order valence-corrected chi connectivity index (χ0v) is 20.3. The molecule has 1 atom stereocenters. The van der Waals surface area contributed by atoms with Gasteiger partial charge < -0.3 is 24.0 Å². The zero-order chi connectivity index (χ0) is 22.2. The third-order valence-electron chi connectivity index (χ3n) is 6.03. The molecule has 0 aliphatic carbocycles. The maximum Gasteiger partial charge on any atom is 0.223 e. The van der Waals surface area contributed by atoms with E-state index in [0.29, 0.717) is 30.1 Å². The van der Waals surface area contributed by atoms with Crippen LogP contribution in [0.5, 0.6) is 17.2 Å². The number of hydrogen-bond acceptors (Lipinski definition) is 5. The summed E-state index contributed by atoms with van der Waals surface area (Å²) in [5.41, 5.74) is 2.16. The van der Waals surface area contributed by atoms with Gasteiger partial charge >= 0.3 is 0 Å². The quantitative estimate of drug-likeness (QED) is 0.525. The van der Waals surface area contributed by atoms with Crippen LogP contribution in [-0.2, 0) is 11.2 Å². The fourth-order valence-corrected chi connectivity index (χ4v) is 4.22. The highest BCUT2D eigenvalue weighted by Crippen LogP contribution is 2.38. The summed E-state index contributed by atoms with van der Waals surface area (Å²) < 4.78 is 16.3. The molecule has 2 aromatic carbocycles. The fourth-order valence-electron chi connectivity index (χ4n) is 4.22. The van der Waals surface area contributed by atoms with Gasteiger partial charge in [0.2, 0.25) is 11.7 Å². The van der Waals surface area contributed by atoms with E-state index in [1.807, 2.05) is 42.3 Å². The first-order chi connectivity index (χ1) is 15.1. The summed E-state index contributed by atoms with van der Waals surface area (Å²) in [5.74, 6) is 1.90. The molecule has 6 nitrogen and oxygen atoms in total. The highest BCUT2D eigenvalue weighted by molar-refractivity contribution is 5.85. The molecule has 0 unspecified atom stereocenters. The Kier molecular flexibility index (Phi) is 10.1. The molecule has 1 aliphatic heterocycles. The number of ether oxygens (including phenoxy) is 3. The first-order valence-corrected chi connectivity index (χ1v) is 10.9. The molecule has 0 spiro atoms. The van der Waals surface area contributed by atoms with Gasteiger partial charge in [0.1, 0.15) is 0 Å². The zero-order valence-electron chi connectivity index (χ0n) is 19.5. The molecule has 0 radical (unpaired) electrons. The van der Waals surface area contributed by atoms with E-state index in [1.54, 1.807) is 21.3 Å². The van der Waals surface area contributed by atoms with Crippen LogP contribution >= 0.6 is 12.4 Å². The van der Waals surface area contributed by atoms with Crippen molar-refractivity contribution in [3.8, 4) is 17.2 Å². The van der Waals surface area contributed by atoms with Gasteiger partial charge in [-0.25, -0.2) is 0 Å². The molecule has 32 heavy (non-hydrogen) atoms. The van der Waals surface area contributed by atoms with Crippen LogP contribution < -0.4 is 14.2 Å². The van der Waals surface area contributed by atoms with E-state index in [1.165, 1.54) is 18.4 Å². The summed E-state index contributed by atoms with van der Waals surface area (Å²) >= 11 is 0. The number of hydrogen-bond donors (Lipinski definition) is 0. The smallest absolute Gasteiger partial charge is 0.223 e. The average Bonchev–Trinajstić information content (AvgIpc) is 3.33. The van der Waals surface area contributed by atoms with E-state index in [2.05, 4.69) is 17.0 Å². The molecule has 1 amide bonds. The summed E-state index contributed by atoms with van der Waals surface area (Å²) in [6.45, 7) is 3.09. The van der Waals surface area contributed by atoms with Gasteiger partial charge in [0.15, 0.2) is 11.5 Å². The lowest BCUT2D eigenvalue weighted by atomic mass is 10.0. The van der Waals surface area contributed by atoms with Crippen molar-refractivity contribution in [1.29, 1.82) is 0 Å². The largest absolute Gasteiger partial charge is 0.493 e. The number of benzene rings is 2. The summed E-state index contributed by atoms with van der Waals surface area (Å²) in [7, 11) is 6.71. The molecule has 176 valence electrons. The fraction of sp³-hybridized carbons (Fsp3) is 0.480. The van der Waals surface area contributed by atoms with Crippen LogP contribution in [0.15, 0.2) is 42.5 Å². The summed E-state index contributed by atoms with van der Waals surface area (Å²) in [5, 5.41) is 0. The van der Waals surface area contributed by atoms with Gasteiger partial charge in [-0.3, -0.25) is 4.79 Å². The summed E-state index contributed by atoms with van der Waals surface area (Å²) in [6.07, 6.45) is 3.49. The number of aryl methyl sites for hydroxylation is 1. The SMILES string of the molecule is COc1cc(CCC(=O)N(C)[C@H](CN2CCCC2)c2ccccc2)cc(OC)c1OC.Cl. The van der Waals surface area contributed by atoms with Crippen molar-refractivity contribution in [3.05, 3.63) is 53.6 Å². The minimum atomic E-state index is 0. The Morgan fingerprint density at radius 2 is 1.59 bits per heavy atom. The Hall–Kier alpha value is -2.44. The van der Waals surface area contributed by atoms with Crippen molar-refractivity contribution >= 4 is 18.3 Å². The molecule has 7 heteroatoms. The molecule has 2 aromatic rings. The van der Waals surface area contributed by atoms with Gasteiger partial charge in [0.25, 0.3) is 0 Å². The maximum absolute atomic E-state index is 13.2. The molecule has 0 N–H and O–H groups in total. The van der Waals surface area contributed by atoms with Crippen molar-refractivity contribution < 1.29 is 19.0 Å². The Morgan fingerprint density at radius 1 is 1.00 bits per heavy atom. The number of nitrogens with zero attached hydrogens (tertiary/aromatic N) is 2. The maximum atomic E-state index is 13.2. The van der Waals surface area contributed by atoms with Gasteiger partial charge in [0, 0.05) is 20.0 Å². The van der Waals surface area contributed by atoms with E-state index in [-0.39, 0.29) is 24.4 Å². The van der Waals surface area contributed by atoms with Crippen LogP contribution in [0.4, 0.5) is 0 Å². The van der Waals surface area contributed by atoms with E-state index in [4.69, 9.17) is 14.2 Å². The monoisotopic (exact) mass is 462 g/mol. The average molecular weight is 463 g/mol. The molecule has 1 heterocycles. The molecule has 1 saturated heterocycles. The first-order valence-electron chi connectivity index (χ1n) is 10.9. The number of carbonyl (C=O) groups excluding carboxylic acids is 1. The molecular weight excluding hydrogens is 428 g/mol. The van der Waals surface area contributed by atoms with Crippen LogP contribution in [0.1, 0.15) is 36.4 Å². The molecule has 0 aromatic heterocycles. The highest BCUT2D eigenvalue weighted by atomic mass is 35.5. The first kappa shape index (κ1) is 25.8. The molecule has 3 rings (SSSR count). The lowest BCUT2D eigenvalue weighted by Crippen LogP contribution is -2.38. The number of likely N-dealkylation sites (N-methyl/N-ethyl adjacent to an activating group) is 1. The van der Waals surface area contributed by atoms with Crippen molar-refractivity contribution in [2.24, 2.45) is 0 Å². The molecule has 1 fully saturated rings. The van der Waals surface area contributed by atoms with Gasteiger partial charge in [-0.2, -0.15) is 0 Å². The minimum absolute atomic E-state index is 0. The van der Waals surface area contributed by atoms with E-state index in [9.17, 15) is 4.79 Å². The van der Waals surface area contributed by atoms with Gasteiger partial charge in [-0.1, -0.05) is 30.3 Å². The van der Waals surface area contributed by atoms with Crippen LogP contribution in [-0.4, -0.2) is 63.7 Å². The van der Waals surface area contributed by atoms with Gasteiger partial charge in [0.05, 0.1) is 27.4 Å². The highest BCUT2D eigenvalue weighted by Gasteiger charge is 2.25. The second-order valence-electron chi connectivity index (χ2n) is 7.97. The molecular formula is C25H35ClN2O4. The number of rotatable bonds is 10. The predicted octanol–water partition coefficient (Wildman–Crippen LogP) is 4.36. The third-order valence-corrected chi connectivity index (χ3v) is 6.03. The van der Waals surface area contributed by atoms with Crippen molar-refractivity contribution in [2.75, 3.05) is 48.0 Å². The number of amides is 1. The van der Waals surface area contributed by atoms with Crippen molar-refractivity contribution in [2.45, 2.75) is 31.7 Å². The molecule has 0 bridgehead atoms. The number of methoxy groups -OCH3 is 3. The van der Waals surface area contributed by atoms with Crippen molar-refractivity contribution in [3.63, 3.8) is 0 Å². The topological polar surface area (TPSA) is 51.2 Å². The predicted molar refractivity (Wildman–Crippen MR) is 129 cm³/mol. The van der Waals surface area contributed by atoms with E-state index >= 15 is 0 Å². The van der Waals surface area contributed by atoms with Crippen LogP contribution in [0.25, 0.3) is 0 Å². The number of halogens is 1. The lowest BCUT2D eigenvalue weighted by molar-refractivity contribution is -0.132. The van der Waals surface area contributed by atoms with Gasteiger partial charge in [-0.05, 0) is 55.6 Å². The Bertz CT molecular complexity index is 831. The Balaban J connectivity index is 0.00000363. The Morgan fingerprint density at radius 3 is 2.12 bits per heavy atom. The van der Waals surface area contributed by atoms with Crippen LogP contribution in [0.2, 0.25) is 0 Å². The van der Waals surface area contributed by atoms with E-state index < -0.39 is 0 Å². The number of carbonyl (C=O) groups is 1. The molecule has 0 saturated carbocycles. The minimum Gasteiger partial charge on any atom is -0.493 e. The standard InChI is InChI=1S/C25H34N2O4.ClH/c1-26(21(18-27-14-8-9-15-27)20-10-6-5-7-11-20)24(28)13-12-19-16-22(29-2)25(31-4)23(17-19)30-3;/h5-7,10-11,16-17,21H,8-9,12-15,18H2,1-4H3;1H/t21-;/m1./s1. The molecule has 1 aliphatic rings. The second kappa shape index (κ2) is 12.6. The van der Waals surface area contributed by atoms with Crippen molar-refractivity contribution in [1.82, 2.24) is 9.80 Å². The third kappa shape index (κ3) is 6.30. The van der Waals surface area contributed by atoms with Crippen LogP contribution in [0, 0.1) is 0 Å². The summed E-state index contributed by atoms with van der Waals surface area (Å²) in [6, 6.07) is 14.2.